The molecule has 5 rings (SSSR count). The van der Waals surface area contributed by atoms with Crippen LogP contribution in [0.25, 0.3) is 22.1 Å². The monoisotopic (exact) mass is 391 g/mol. The fourth-order valence-electron chi connectivity index (χ4n) is 4.09. The highest BCUT2D eigenvalue weighted by Gasteiger charge is 2.20. The van der Waals surface area contributed by atoms with Crippen molar-refractivity contribution in [3.05, 3.63) is 53.2 Å². The zero-order valence-electron chi connectivity index (χ0n) is 15.9. The number of fused-ring (bicyclic) bond motifs is 3. The number of carbonyl (C=O) groups is 1. The van der Waals surface area contributed by atoms with Gasteiger partial charge in [-0.3, -0.25) is 14.2 Å². The van der Waals surface area contributed by atoms with E-state index < -0.39 is 0 Å². The van der Waals surface area contributed by atoms with E-state index in [-0.39, 0.29) is 23.6 Å². The van der Waals surface area contributed by atoms with Crippen molar-refractivity contribution >= 4 is 33.8 Å². The second-order valence-electron chi connectivity index (χ2n) is 7.45. The van der Waals surface area contributed by atoms with Crippen LogP contribution in [0.5, 0.6) is 0 Å². The number of nitrogens with zero attached hydrogens (tertiary/aromatic N) is 4. The molecule has 3 aromatic heterocycles. The lowest BCUT2D eigenvalue weighted by molar-refractivity contribution is -0.116. The molecule has 0 atom stereocenters. The highest BCUT2D eigenvalue weighted by Crippen LogP contribution is 2.30. The molecule has 0 saturated heterocycles. The second kappa shape index (κ2) is 7.20. The first-order valence-electron chi connectivity index (χ1n) is 9.91. The molecule has 0 unspecified atom stereocenters. The molecular formula is C21H21N5O3. The minimum absolute atomic E-state index is 0.144. The Bertz CT molecular complexity index is 1250. The van der Waals surface area contributed by atoms with E-state index in [0.717, 1.165) is 18.2 Å². The lowest BCUT2D eigenvalue weighted by Gasteiger charge is -2.23. The summed E-state index contributed by atoms with van der Waals surface area (Å²) in [5.74, 6) is 0.356. The number of hydrogen-bond donors (Lipinski definition) is 1. The normalized spacial score (nSPS) is 15.2. The Balaban J connectivity index is 1.38. The lowest BCUT2D eigenvalue weighted by atomic mass is 9.96. The largest absolute Gasteiger partial charge is 0.448 e. The standard InChI is InChI=1S/C21H21N5O3/c27-18(24-17-10-11-23-26(17)14-6-2-1-3-7-14)12-25-13-22-19-15-8-4-5-9-16(15)29-20(19)21(25)28/h4-5,8-11,13-14H,1-3,6-7,12H2,(H,24,27). The fourth-order valence-corrected chi connectivity index (χ4v) is 4.09. The number of furan rings is 1. The number of anilines is 1. The van der Waals surface area contributed by atoms with Crippen molar-refractivity contribution in [2.75, 3.05) is 5.32 Å². The van der Waals surface area contributed by atoms with Gasteiger partial charge in [-0.1, -0.05) is 31.4 Å². The molecule has 0 spiro atoms. The summed E-state index contributed by atoms with van der Waals surface area (Å²) in [7, 11) is 0. The van der Waals surface area contributed by atoms with Crippen LogP contribution in [0.15, 0.2) is 52.1 Å². The second-order valence-corrected chi connectivity index (χ2v) is 7.45. The van der Waals surface area contributed by atoms with Gasteiger partial charge in [0.2, 0.25) is 11.5 Å². The van der Waals surface area contributed by atoms with Gasteiger partial charge in [-0.2, -0.15) is 5.10 Å². The van der Waals surface area contributed by atoms with E-state index in [4.69, 9.17) is 4.42 Å². The minimum atomic E-state index is -0.373. The van der Waals surface area contributed by atoms with Crippen molar-refractivity contribution in [2.45, 2.75) is 44.7 Å². The number of nitrogens with one attached hydrogen (secondary N) is 1. The third-order valence-corrected chi connectivity index (χ3v) is 5.52. The van der Waals surface area contributed by atoms with E-state index in [1.807, 2.05) is 22.9 Å². The van der Waals surface area contributed by atoms with Crippen LogP contribution in [0.3, 0.4) is 0 Å². The maximum absolute atomic E-state index is 12.8. The van der Waals surface area contributed by atoms with E-state index in [2.05, 4.69) is 15.4 Å². The molecule has 1 aliphatic rings. The van der Waals surface area contributed by atoms with E-state index in [9.17, 15) is 9.59 Å². The first-order chi connectivity index (χ1) is 14.2. The fraction of sp³-hybridized carbons (Fsp3) is 0.333. The summed E-state index contributed by atoms with van der Waals surface area (Å²) < 4.78 is 8.82. The summed E-state index contributed by atoms with van der Waals surface area (Å²) >= 11 is 0. The molecule has 1 amide bonds. The van der Waals surface area contributed by atoms with Gasteiger partial charge in [0, 0.05) is 11.5 Å². The predicted octanol–water partition coefficient (Wildman–Crippen LogP) is 3.48. The van der Waals surface area contributed by atoms with Crippen LogP contribution < -0.4 is 10.9 Å². The summed E-state index contributed by atoms with van der Waals surface area (Å²) in [5.41, 5.74) is 0.902. The minimum Gasteiger partial charge on any atom is -0.448 e. The molecule has 0 radical (unpaired) electrons. The molecule has 148 valence electrons. The van der Waals surface area contributed by atoms with E-state index in [1.54, 1.807) is 18.3 Å². The number of para-hydroxylation sites is 1. The van der Waals surface area contributed by atoms with Crippen molar-refractivity contribution in [1.29, 1.82) is 0 Å². The Kier molecular flexibility index (Phi) is 4.38. The highest BCUT2D eigenvalue weighted by atomic mass is 16.3. The van der Waals surface area contributed by atoms with Gasteiger partial charge in [-0.05, 0) is 25.0 Å². The number of benzene rings is 1. The molecule has 8 nitrogen and oxygen atoms in total. The quantitative estimate of drug-likeness (QED) is 0.575. The number of aromatic nitrogens is 4. The average molecular weight is 391 g/mol. The van der Waals surface area contributed by atoms with Gasteiger partial charge < -0.3 is 9.73 Å². The van der Waals surface area contributed by atoms with Crippen molar-refractivity contribution < 1.29 is 9.21 Å². The van der Waals surface area contributed by atoms with E-state index in [0.29, 0.717) is 23.0 Å². The van der Waals surface area contributed by atoms with Crippen LogP contribution in [0.2, 0.25) is 0 Å². The molecule has 0 bridgehead atoms. The van der Waals surface area contributed by atoms with Gasteiger partial charge >= 0.3 is 0 Å². The molecule has 29 heavy (non-hydrogen) atoms. The van der Waals surface area contributed by atoms with Crippen LogP contribution in [0.4, 0.5) is 5.82 Å². The van der Waals surface area contributed by atoms with Gasteiger partial charge in [0.15, 0.2) is 0 Å². The summed E-state index contributed by atoms with van der Waals surface area (Å²) in [6, 6.07) is 9.46. The van der Waals surface area contributed by atoms with E-state index >= 15 is 0 Å². The van der Waals surface area contributed by atoms with Crippen molar-refractivity contribution in [3.63, 3.8) is 0 Å². The predicted molar refractivity (Wildman–Crippen MR) is 109 cm³/mol. The number of carbonyl (C=O) groups excluding carboxylic acids is 1. The third-order valence-electron chi connectivity index (χ3n) is 5.52. The zero-order chi connectivity index (χ0) is 19.8. The van der Waals surface area contributed by atoms with Gasteiger partial charge in [0.25, 0.3) is 5.56 Å². The van der Waals surface area contributed by atoms with Gasteiger partial charge in [0.05, 0.1) is 18.6 Å². The maximum atomic E-state index is 12.8. The number of amides is 1. The Morgan fingerprint density at radius 2 is 2.00 bits per heavy atom. The Hall–Kier alpha value is -3.42. The summed E-state index contributed by atoms with van der Waals surface area (Å²) in [4.78, 5) is 29.7. The molecule has 1 fully saturated rings. The number of hydrogen-bond acceptors (Lipinski definition) is 5. The SMILES string of the molecule is O=C(Cn1cnc2c(oc3ccccc32)c1=O)Nc1ccnn1C1CCCCC1. The molecule has 8 heteroatoms. The van der Waals surface area contributed by atoms with Gasteiger partial charge in [-0.15, -0.1) is 0 Å². The van der Waals surface area contributed by atoms with Crippen molar-refractivity contribution in [2.24, 2.45) is 0 Å². The van der Waals surface area contributed by atoms with Crippen LogP contribution in [-0.2, 0) is 11.3 Å². The Morgan fingerprint density at radius 1 is 1.17 bits per heavy atom. The lowest BCUT2D eigenvalue weighted by Crippen LogP contribution is -2.28. The highest BCUT2D eigenvalue weighted by molar-refractivity contribution is 6.01. The Labute approximate surface area is 166 Å². The van der Waals surface area contributed by atoms with Gasteiger partial charge in [0.1, 0.15) is 23.5 Å². The van der Waals surface area contributed by atoms with Crippen LogP contribution >= 0.6 is 0 Å². The van der Waals surface area contributed by atoms with Gasteiger partial charge in [-0.25, -0.2) is 9.67 Å². The first-order valence-corrected chi connectivity index (χ1v) is 9.91. The molecule has 4 aromatic rings. The van der Waals surface area contributed by atoms with Crippen LogP contribution in [-0.4, -0.2) is 25.2 Å². The van der Waals surface area contributed by atoms with Crippen molar-refractivity contribution in [1.82, 2.24) is 19.3 Å². The summed E-state index contributed by atoms with van der Waals surface area (Å²) in [5, 5.41) is 8.06. The topological polar surface area (TPSA) is 94.9 Å². The maximum Gasteiger partial charge on any atom is 0.297 e. The third kappa shape index (κ3) is 3.20. The first kappa shape index (κ1) is 17.7. The smallest absolute Gasteiger partial charge is 0.297 e. The average Bonchev–Trinajstić information content (AvgIpc) is 3.35. The summed E-state index contributed by atoms with van der Waals surface area (Å²) in [6.45, 7) is -0.144. The Morgan fingerprint density at radius 3 is 2.86 bits per heavy atom. The molecule has 1 aliphatic carbocycles. The molecule has 1 saturated carbocycles. The zero-order valence-corrected chi connectivity index (χ0v) is 15.9. The van der Waals surface area contributed by atoms with E-state index in [1.165, 1.54) is 30.2 Å². The molecule has 1 N–H and O–H groups in total. The number of rotatable bonds is 4. The molecular weight excluding hydrogens is 370 g/mol. The molecule has 3 heterocycles. The van der Waals surface area contributed by atoms with Crippen LogP contribution in [0.1, 0.15) is 38.1 Å². The van der Waals surface area contributed by atoms with Crippen molar-refractivity contribution in [3.8, 4) is 0 Å². The molecule has 1 aromatic carbocycles. The van der Waals surface area contributed by atoms with Crippen LogP contribution in [0, 0.1) is 0 Å². The summed E-state index contributed by atoms with van der Waals surface area (Å²) in [6.07, 6.45) is 8.82. The molecule has 0 aliphatic heterocycles.